The van der Waals surface area contributed by atoms with Gasteiger partial charge < -0.3 is 19.5 Å². The molecule has 2 N–H and O–H groups in total. The van der Waals surface area contributed by atoms with Crippen molar-refractivity contribution in [3.8, 4) is 17.2 Å². The van der Waals surface area contributed by atoms with Crippen LogP contribution in [0.3, 0.4) is 0 Å². The second kappa shape index (κ2) is 6.41. The van der Waals surface area contributed by atoms with Gasteiger partial charge in [0.1, 0.15) is 11.6 Å². The Morgan fingerprint density at radius 3 is 2.48 bits per heavy atom. The van der Waals surface area contributed by atoms with Crippen LogP contribution in [0.15, 0.2) is 18.3 Å². The monoisotopic (exact) mass is 335 g/mol. The van der Waals surface area contributed by atoms with Gasteiger partial charge in [-0.2, -0.15) is 5.10 Å². The van der Waals surface area contributed by atoms with Gasteiger partial charge in [0.2, 0.25) is 5.91 Å². The fourth-order valence-electron chi connectivity index (χ4n) is 2.53. The standard InChI is InChI=1S/C15H17N3O4S/c1-20-10-5-12(22-3)11(21-2)4-8(10)14-9-6-16-18-15(9)17-13(19)7-23-14/h4-6,14H,7H2,1-3H3,(H2,16,17,18,19). The minimum Gasteiger partial charge on any atom is -0.496 e. The van der Waals surface area contributed by atoms with Crippen LogP contribution in [0.4, 0.5) is 5.82 Å². The SMILES string of the molecule is COc1cc(OC)c(C2SCC(=O)Nc3[nH]ncc32)cc1OC. The van der Waals surface area contributed by atoms with E-state index >= 15 is 0 Å². The molecule has 7 nitrogen and oxygen atoms in total. The van der Waals surface area contributed by atoms with E-state index in [9.17, 15) is 4.79 Å². The molecule has 0 fully saturated rings. The number of thioether (sulfide) groups is 1. The molecule has 0 radical (unpaired) electrons. The Hall–Kier alpha value is -2.35. The Bertz CT molecular complexity index is 732. The first-order valence-electron chi connectivity index (χ1n) is 6.92. The van der Waals surface area contributed by atoms with Crippen LogP contribution in [-0.2, 0) is 4.79 Å². The predicted molar refractivity (Wildman–Crippen MR) is 87.6 cm³/mol. The molecule has 122 valence electrons. The van der Waals surface area contributed by atoms with Crippen molar-refractivity contribution in [1.82, 2.24) is 10.2 Å². The highest BCUT2D eigenvalue weighted by molar-refractivity contribution is 8.00. The Labute approximate surface area is 137 Å². The van der Waals surface area contributed by atoms with Gasteiger partial charge in [0, 0.05) is 17.2 Å². The van der Waals surface area contributed by atoms with Crippen molar-refractivity contribution in [1.29, 1.82) is 0 Å². The van der Waals surface area contributed by atoms with E-state index in [1.165, 1.54) is 11.8 Å². The highest BCUT2D eigenvalue weighted by atomic mass is 32.2. The number of anilines is 1. The van der Waals surface area contributed by atoms with Crippen LogP contribution < -0.4 is 19.5 Å². The van der Waals surface area contributed by atoms with Crippen LogP contribution >= 0.6 is 11.8 Å². The Balaban J connectivity index is 2.12. The molecular formula is C15H17N3O4S. The topological polar surface area (TPSA) is 85.5 Å². The number of rotatable bonds is 4. The number of aromatic amines is 1. The van der Waals surface area contributed by atoms with Crippen molar-refractivity contribution in [3.05, 3.63) is 29.5 Å². The summed E-state index contributed by atoms with van der Waals surface area (Å²) in [5, 5.41) is 9.56. The molecule has 1 aliphatic heterocycles. The molecule has 0 saturated heterocycles. The van der Waals surface area contributed by atoms with E-state index in [1.54, 1.807) is 33.6 Å². The molecule has 1 aromatic carbocycles. The van der Waals surface area contributed by atoms with Gasteiger partial charge in [0.25, 0.3) is 0 Å². The molecule has 0 aliphatic carbocycles. The lowest BCUT2D eigenvalue weighted by Gasteiger charge is -2.19. The highest BCUT2D eigenvalue weighted by Gasteiger charge is 2.29. The van der Waals surface area contributed by atoms with E-state index in [1.807, 2.05) is 6.07 Å². The van der Waals surface area contributed by atoms with Crippen molar-refractivity contribution in [2.24, 2.45) is 0 Å². The van der Waals surface area contributed by atoms with E-state index in [0.717, 1.165) is 11.1 Å². The minimum absolute atomic E-state index is 0.0672. The minimum atomic E-state index is -0.113. The van der Waals surface area contributed by atoms with Gasteiger partial charge in [-0.3, -0.25) is 9.89 Å². The molecule has 0 spiro atoms. The quantitative estimate of drug-likeness (QED) is 0.891. The summed E-state index contributed by atoms with van der Waals surface area (Å²) in [6, 6.07) is 3.66. The third-order valence-corrected chi connectivity index (χ3v) is 4.89. The fourth-order valence-corrected chi connectivity index (χ4v) is 3.65. The highest BCUT2D eigenvalue weighted by Crippen LogP contribution is 2.47. The molecule has 0 bridgehead atoms. The average molecular weight is 335 g/mol. The van der Waals surface area contributed by atoms with Crippen molar-refractivity contribution < 1.29 is 19.0 Å². The molecule has 8 heteroatoms. The van der Waals surface area contributed by atoms with Gasteiger partial charge in [-0.15, -0.1) is 11.8 Å². The van der Waals surface area contributed by atoms with Gasteiger partial charge >= 0.3 is 0 Å². The Morgan fingerprint density at radius 1 is 1.09 bits per heavy atom. The Morgan fingerprint density at radius 2 is 1.78 bits per heavy atom. The molecule has 1 aliphatic rings. The number of methoxy groups -OCH3 is 3. The number of carbonyl (C=O) groups is 1. The summed E-state index contributed by atoms with van der Waals surface area (Å²) in [6.45, 7) is 0. The lowest BCUT2D eigenvalue weighted by atomic mass is 10.0. The van der Waals surface area contributed by atoms with Gasteiger partial charge in [0.15, 0.2) is 11.5 Å². The summed E-state index contributed by atoms with van der Waals surface area (Å²) in [4.78, 5) is 11.8. The first-order valence-corrected chi connectivity index (χ1v) is 7.97. The zero-order chi connectivity index (χ0) is 16.4. The van der Waals surface area contributed by atoms with E-state index in [4.69, 9.17) is 14.2 Å². The predicted octanol–water partition coefficient (Wildman–Crippen LogP) is 2.21. The molecule has 1 aromatic heterocycles. The second-order valence-corrected chi connectivity index (χ2v) is 5.98. The summed E-state index contributed by atoms with van der Waals surface area (Å²) in [5.41, 5.74) is 1.79. The number of nitrogens with one attached hydrogen (secondary N) is 2. The smallest absolute Gasteiger partial charge is 0.235 e. The van der Waals surface area contributed by atoms with Crippen molar-refractivity contribution in [3.63, 3.8) is 0 Å². The second-order valence-electron chi connectivity index (χ2n) is 4.89. The lowest BCUT2D eigenvalue weighted by Crippen LogP contribution is -2.12. The molecule has 23 heavy (non-hydrogen) atoms. The van der Waals surface area contributed by atoms with Crippen molar-refractivity contribution >= 4 is 23.5 Å². The number of amides is 1. The molecule has 3 rings (SSSR count). The average Bonchev–Trinajstić information content (AvgIpc) is 2.96. The van der Waals surface area contributed by atoms with Crippen LogP contribution in [0.5, 0.6) is 17.2 Å². The molecule has 2 heterocycles. The number of hydrogen-bond acceptors (Lipinski definition) is 6. The molecule has 2 aromatic rings. The zero-order valence-electron chi connectivity index (χ0n) is 13.0. The number of ether oxygens (including phenoxy) is 3. The van der Waals surface area contributed by atoms with Crippen LogP contribution in [-0.4, -0.2) is 43.2 Å². The summed E-state index contributed by atoms with van der Waals surface area (Å²) in [6.07, 6.45) is 1.72. The summed E-state index contributed by atoms with van der Waals surface area (Å²) >= 11 is 1.51. The Kier molecular flexibility index (Phi) is 4.33. The molecule has 0 saturated carbocycles. The van der Waals surface area contributed by atoms with Crippen LogP contribution in [0.1, 0.15) is 16.4 Å². The molecule has 1 atom stereocenters. The van der Waals surface area contributed by atoms with E-state index in [-0.39, 0.29) is 11.2 Å². The number of aromatic nitrogens is 2. The molecule has 1 amide bonds. The zero-order valence-corrected chi connectivity index (χ0v) is 13.8. The van der Waals surface area contributed by atoms with E-state index in [0.29, 0.717) is 28.8 Å². The summed E-state index contributed by atoms with van der Waals surface area (Å²) in [7, 11) is 4.77. The lowest BCUT2D eigenvalue weighted by molar-refractivity contribution is -0.113. The third-order valence-electron chi connectivity index (χ3n) is 3.62. The number of carbonyl (C=O) groups excluding carboxylic acids is 1. The number of H-pyrrole nitrogens is 1. The number of nitrogens with zero attached hydrogens (tertiary/aromatic N) is 1. The number of benzene rings is 1. The molecular weight excluding hydrogens is 318 g/mol. The number of hydrogen-bond donors (Lipinski definition) is 2. The first kappa shape index (κ1) is 15.5. The maximum Gasteiger partial charge on any atom is 0.235 e. The fraction of sp³-hybridized carbons (Fsp3) is 0.333. The van der Waals surface area contributed by atoms with Crippen LogP contribution in [0, 0.1) is 0 Å². The third kappa shape index (κ3) is 2.81. The molecule has 1 unspecified atom stereocenters. The van der Waals surface area contributed by atoms with Gasteiger partial charge in [-0.1, -0.05) is 0 Å². The van der Waals surface area contributed by atoms with Crippen molar-refractivity contribution in [2.45, 2.75) is 5.25 Å². The van der Waals surface area contributed by atoms with Gasteiger partial charge in [-0.25, -0.2) is 0 Å². The maximum atomic E-state index is 11.8. The summed E-state index contributed by atoms with van der Waals surface area (Å²) in [5.74, 6) is 2.75. The first-order chi connectivity index (χ1) is 11.2. The van der Waals surface area contributed by atoms with Crippen LogP contribution in [0.25, 0.3) is 0 Å². The van der Waals surface area contributed by atoms with Gasteiger partial charge in [0.05, 0.1) is 38.5 Å². The summed E-state index contributed by atoms with van der Waals surface area (Å²) < 4.78 is 16.2. The largest absolute Gasteiger partial charge is 0.496 e. The normalized spacial score (nSPS) is 17.0. The van der Waals surface area contributed by atoms with E-state index in [2.05, 4.69) is 15.5 Å². The maximum absolute atomic E-state index is 11.8. The van der Waals surface area contributed by atoms with Gasteiger partial charge in [-0.05, 0) is 6.07 Å². The van der Waals surface area contributed by atoms with Crippen molar-refractivity contribution in [2.75, 3.05) is 32.4 Å². The van der Waals surface area contributed by atoms with Crippen LogP contribution in [0.2, 0.25) is 0 Å². The number of fused-ring (bicyclic) bond motifs is 1. The van der Waals surface area contributed by atoms with E-state index < -0.39 is 0 Å².